The Kier molecular flexibility index (Phi) is 3.78. The molecule has 1 heterocycles. The lowest BCUT2D eigenvalue weighted by atomic mass is 9.75. The average molecular weight is 262 g/mol. The van der Waals surface area contributed by atoms with E-state index in [4.69, 9.17) is 0 Å². The van der Waals surface area contributed by atoms with Gasteiger partial charge in [-0.25, -0.2) is 9.78 Å². The normalized spacial score (nSPS) is 17.1. The van der Waals surface area contributed by atoms with Gasteiger partial charge in [-0.1, -0.05) is 20.8 Å². The summed E-state index contributed by atoms with van der Waals surface area (Å²) in [6, 6.07) is 3.31. The molecule has 0 bridgehead atoms. The molecule has 1 aromatic rings. The minimum atomic E-state index is -0.897. The largest absolute Gasteiger partial charge is 0.478 e. The van der Waals surface area contributed by atoms with Crippen LogP contribution in [0.3, 0.4) is 0 Å². The maximum absolute atomic E-state index is 11.2. The van der Waals surface area contributed by atoms with Gasteiger partial charge in [0.25, 0.3) is 0 Å². The Labute approximate surface area is 114 Å². The number of nitrogens with zero attached hydrogens (tertiary/aromatic N) is 1. The van der Waals surface area contributed by atoms with E-state index in [1.807, 2.05) is 13.8 Å². The van der Waals surface area contributed by atoms with Crippen molar-refractivity contribution < 1.29 is 9.90 Å². The van der Waals surface area contributed by atoms with Gasteiger partial charge in [0.1, 0.15) is 5.82 Å². The van der Waals surface area contributed by atoms with E-state index in [2.05, 4.69) is 17.2 Å². The highest BCUT2D eigenvalue weighted by molar-refractivity contribution is 5.88. The smallest absolute Gasteiger partial charge is 0.335 e. The van der Waals surface area contributed by atoms with E-state index in [1.54, 1.807) is 12.1 Å². The zero-order valence-corrected chi connectivity index (χ0v) is 11.9. The van der Waals surface area contributed by atoms with Gasteiger partial charge < -0.3 is 10.4 Å². The first kappa shape index (κ1) is 13.8. The van der Waals surface area contributed by atoms with E-state index in [1.165, 1.54) is 6.42 Å². The molecule has 19 heavy (non-hydrogen) atoms. The molecule has 1 aliphatic rings. The van der Waals surface area contributed by atoms with Crippen molar-refractivity contribution in [2.45, 2.75) is 57.9 Å². The second kappa shape index (κ2) is 5.19. The Morgan fingerprint density at radius 2 is 2.16 bits per heavy atom. The molecule has 1 aliphatic carbocycles. The number of carboxylic acid groups (broad SMARTS) is 1. The Hall–Kier alpha value is -1.58. The molecule has 0 radical (unpaired) electrons. The highest BCUT2D eigenvalue weighted by atomic mass is 16.4. The van der Waals surface area contributed by atoms with Crippen molar-refractivity contribution in [2.24, 2.45) is 0 Å². The molecule has 0 atom stereocenters. The van der Waals surface area contributed by atoms with Crippen molar-refractivity contribution >= 4 is 11.8 Å². The number of rotatable bonds is 5. The van der Waals surface area contributed by atoms with E-state index in [0.29, 0.717) is 11.4 Å². The van der Waals surface area contributed by atoms with Crippen molar-refractivity contribution in [1.82, 2.24) is 4.98 Å². The fraction of sp³-hybridized carbons (Fsp3) is 0.600. The third-order valence-electron chi connectivity index (χ3n) is 4.06. The van der Waals surface area contributed by atoms with Gasteiger partial charge in [0.15, 0.2) is 0 Å². The molecule has 1 aromatic heterocycles. The lowest BCUT2D eigenvalue weighted by molar-refractivity contribution is 0.0696. The number of aromatic nitrogens is 1. The number of hydrogen-bond donors (Lipinski definition) is 2. The molecule has 0 spiro atoms. The van der Waals surface area contributed by atoms with Crippen molar-refractivity contribution in [3.8, 4) is 0 Å². The van der Waals surface area contributed by atoms with Crippen LogP contribution in [0.1, 0.15) is 68.4 Å². The summed E-state index contributed by atoms with van der Waals surface area (Å²) in [5.41, 5.74) is 1.26. The van der Waals surface area contributed by atoms with Crippen molar-refractivity contribution in [1.29, 1.82) is 0 Å². The number of pyridine rings is 1. The predicted molar refractivity (Wildman–Crippen MR) is 75.8 cm³/mol. The predicted octanol–water partition coefficient (Wildman–Crippen LogP) is 3.65. The zero-order valence-electron chi connectivity index (χ0n) is 11.9. The molecule has 4 nitrogen and oxygen atoms in total. The second-order valence-electron chi connectivity index (χ2n) is 5.74. The van der Waals surface area contributed by atoms with Crippen molar-refractivity contribution in [3.05, 3.63) is 23.4 Å². The van der Waals surface area contributed by atoms with Crippen LogP contribution in [0.2, 0.25) is 0 Å². The zero-order chi connectivity index (χ0) is 14.0. The molecule has 4 heteroatoms. The van der Waals surface area contributed by atoms with Crippen LogP contribution in [0, 0.1) is 0 Å². The van der Waals surface area contributed by atoms with Crippen LogP contribution < -0.4 is 5.32 Å². The average Bonchev–Trinajstić information content (AvgIpc) is 2.33. The van der Waals surface area contributed by atoms with Crippen LogP contribution in [0.25, 0.3) is 0 Å². The van der Waals surface area contributed by atoms with Gasteiger partial charge in [0.2, 0.25) is 0 Å². The number of carboxylic acids is 1. The molecule has 0 unspecified atom stereocenters. The molecular formula is C15H22N2O2. The summed E-state index contributed by atoms with van der Waals surface area (Å²) in [5, 5.41) is 12.6. The maximum atomic E-state index is 11.2. The molecule has 1 fully saturated rings. The van der Waals surface area contributed by atoms with Gasteiger partial charge in [-0.15, -0.1) is 0 Å². The van der Waals surface area contributed by atoms with E-state index < -0.39 is 5.97 Å². The first-order valence-corrected chi connectivity index (χ1v) is 6.99. The molecule has 1 saturated carbocycles. The van der Waals surface area contributed by atoms with Crippen LogP contribution in [0.4, 0.5) is 5.82 Å². The Morgan fingerprint density at radius 3 is 2.58 bits per heavy atom. The van der Waals surface area contributed by atoms with Gasteiger partial charge in [-0.2, -0.15) is 0 Å². The Bertz CT molecular complexity index is 474. The van der Waals surface area contributed by atoms with Crippen LogP contribution in [-0.4, -0.2) is 21.6 Å². The van der Waals surface area contributed by atoms with E-state index in [-0.39, 0.29) is 11.5 Å². The van der Waals surface area contributed by atoms with Crippen LogP contribution in [0.15, 0.2) is 12.1 Å². The van der Waals surface area contributed by atoms with Crippen molar-refractivity contribution in [2.75, 3.05) is 5.32 Å². The van der Waals surface area contributed by atoms with Gasteiger partial charge >= 0.3 is 5.97 Å². The Morgan fingerprint density at radius 1 is 1.47 bits per heavy atom. The van der Waals surface area contributed by atoms with Gasteiger partial charge in [0.05, 0.1) is 5.56 Å². The highest BCUT2D eigenvalue weighted by Gasteiger charge is 2.35. The number of carbonyl (C=O) groups is 1. The van der Waals surface area contributed by atoms with Crippen molar-refractivity contribution in [3.63, 3.8) is 0 Å². The summed E-state index contributed by atoms with van der Waals surface area (Å²) in [7, 11) is 0. The first-order chi connectivity index (χ1) is 8.96. The minimum absolute atomic E-state index is 0.123. The molecule has 2 N–H and O–H groups in total. The van der Waals surface area contributed by atoms with Crippen LogP contribution in [0.5, 0.6) is 0 Å². The summed E-state index contributed by atoms with van der Waals surface area (Å²) in [6.07, 6.45) is 4.55. The SMILES string of the molecule is CCC1(Nc2cc(C(=O)O)cc(C(C)C)n2)CCC1. The number of aromatic carboxylic acids is 1. The monoisotopic (exact) mass is 262 g/mol. The first-order valence-electron chi connectivity index (χ1n) is 6.99. The number of nitrogens with one attached hydrogen (secondary N) is 1. The lowest BCUT2D eigenvalue weighted by Crippen LogP contribution is -2.44. The molecular weight excluding hydrogens is 240 g/mol. The minimum Gasteiger partial charge on any atom is -0.478 e. The van der Waals surface area contributed by atoms with Gasteiger partial charge in [-0.3, -0.25) is 0 Å². The third kappa shape index (κ3) is 2.88. The molecule has 0 aromatic carbocycles. The lowest BCUT2D eigenvalue weighted by Gasteiger charge is -2.42. The molecule has 104 valence electrons. The fourth-order valence-electron chi connectivity index (χ4n) is 2.48. The molecule has 0 saturated heterocycles. The molecule has 2 rings (SSSR count). The summed E-state index contributed by atoms with van der Waals surface area (Å²) < 4.78 is 0. The van der Waals surface area contributed by atoms with Crippen LogP contribution in [-0.2, 0) is 0 Å². The maximum Gasteiger partial charge on any atom is 0.335 e. The second-order valence-corrected chi connectivity index (χ2v) is 5.74. The van der Waals surface area contributed by atoms with E-state index >= 15 is 0 Å². The summed E-state index contributed by atoms with van der Waals surface area (Å²) in [6.45, 7) is 6.21. The topological polar surface area (TPSA) is 62.2 Å². The standard InChI is InChI=1S/C15H22N2O2/c1-4-15(6-5-7-15)17-13-9-11(14(18)19)8-12(16-13)10(2)3/h8-10H,4-7H2,1-3H3,(H,16,17)(H,18,19). The molecule has 0 amide bonds. The van der Waals surface area contributed by atoms with Crippen LogP contribution >= 0.6 is 0 Å². The van der Waals surface area contributed by atoms with E-state index in [0.717, 1.165) is 25.0 Å². The number of anilines is 1. The fourth-order valence-corrected chi connectivity index (χ4v) is 2.48. The summed E-state index contributed by atoms with van der Waals surface area (Å²) in [4.78, 5) is 15.7. The van der Waals surface area contributed by atoms with Gasteiger partial charge in [-0.05, 0) is 43.7 Å². The Balaban J connectivity index is 2.31. The quantitative estimate of drug-likeness (QED) is 0.850. The third-order valence-corrected chi connectivity index (χ3v) is 4.06. The molecule has 0 aliphatic heterocycles. The van der Waals surface area contributed by atoms with E-state index in [9.17, 15) is 9.90 Å². The number of hydrogen-bond acceptors (Lipinski definition) is 3. The summed E-state index contributed by atoms with van der Waals surface area (Å²) in [5.74, 6) is 0.0236. The summed E-state index contributed by atoms with van der Waals surface area (Å²) >= 11 is 0. The van der Waals surface area contributed by atoms with Gasteiger partial charge in [0, 0.05) is 11.2 Å². The highest BCUT2D eigenvalue weighted by Crippen LogP contribution is 2.37.